The summed E-state index contributed by atoms with van der Waals surface area (Å²) in [6, 6.07) is 20.5. The zero-order valence-electron chi connectivity index (χ0n) is 16.1. The van der Waals surface area contributed by atoms with Crippen molar-refractivity contribution in [1.82, 2.24) is 0 Å². The van der Waals surface area contributed by atoms with Gasteiger partial charge in [-0.3, -0.25) is 0 Å². The molecule has 136 valence electrons. The van der Waals surface area contributed by atoms with Gasteiger partial charge in [0.1, 0.15) is 0 Å². The Morgan fingerprint density at radius 1 is 0.704 bits per heavy atom. The fourth-order valence-corrected chi connectivity index (χ4v) is 6.88. The molecule has 0 N–H and O–H groups in total. The average Bonchev–Trinajstić information content (AvgIpc) is 3.41. The van der Waals surface area contributed by atoms with Gasteiger partial charge in [-0.05, 0) is 94.4 Å². The second kappa shape index (κ2) is 5.96. The number of fused-ring (bicyclic) bond motifs is 4. The SMILES string of the molecule is CC1C=CC(C2CC3CC2CC3c2c3ccccc3cc3ccccc23)C1. The minimum Gasteiger partial charge on any atom is -0.0854 e. The molecule has 3 aliphatic rings. The minimum absolute atomic E-state index is 0.755. The molecule has 2 fully saturated rings. The van der Waals surface area contributed by atoms with Crippen LogP contribution in [0, 0.1) is 29.6 Å². The zero-order valence-corrected chi connectivity index (χ0v) is 16.1. The van der Waals surface area contributed by atoms with Crippen LogP contribution < -0.4 is 0 Å². The molecule has 2 bridgehead atoms. The highest BCUT2D eigenvalue weighted by Gasteiger charge is 2.49. The van der Waals surface area contributed by atoms with Crippen molar-refractivity contribution in [2.75, 3.05) is 0 Å². The Morgan fingerprint density at radius 2 is 1.41 bits per heavy atom. The molecule has 0 aromatic heterocycles. The van der Waals surface area contributed by atoms with Crippen molar-refractivity contribution in [3.63, 3.8) is 0 Å². The highest BCUT2D eigenvalue weighted by atomic mass is 14.5. The summed E-state index contributed by atoms with van der Waals surface area (Å²) in [6.07, 6.45) is 10.7. The van der Waals surface area contributed by atoms with Crippen molar-refractivity contribution in [2.24, 2.45) is 29.6 Å². The van der Waals surface area contributed by atoms with Gasteiger partial charge in [0.15, 0.2) is 0 Å². The van der Waals surface area contributed by atoms with Gasteiger partial charge in [-0.15, -0.1) is 0 Å². The van der Waals surface area contributed by atoms with Crippen molar-refractivity contribution in [3.05, 3.63) is 72.3 Å². The van der Waals surface area contributed by atoms with E-state index in [2.05, 4.69) is 73.7 Å². The molecule has 6 atom stereocenters. The summed E-state index contributed by atoms with van der Waals surface area (Å²) in [5.74, 6) is 5.20. The van der Waals surface area contributed by atoms with Gasteiger partial charge in [0, 0.05) is 0 Å². The summed E-state index contributed by atoms with van der Waals surface area (Å²) in [5.41, 5.74) is 1.66. The number of benzene rings is 3. The van der Waals surface area contributed by atoms with Crippen LogP contribution in [0.1, 0.15) is 44.1 Å². The van der Waals surface area contributed by atoms with Crippen LogP contribution in [-0.2, 0) is 0 Å². The first-order valence-corrected chi connectivity index (χ1v) is 10.9. The number of hydrogen-bond donors (Lipinski definition) is 0. The average molecular weight is 353 g/mol. The highest BCUT2D eigenvalue weighted by molar-refractivity contribution is 6.02. The Labute approximate surface area is 162 Å². The van der Waals surface area contributed by atoms with Crippen molar-refractivity contribution >= 4 is 21.5 Å². The normalized spacial score (nSPS) is 34.9. The molecule has 0 heteroatoms. The molecule has 6 unspecified atom stereocenters. The standard InChI is InChI=1S/C27H28/c1-17-10-11-20(12-17)25-15-22-14-21(25)16-26(22)27-23-8-4-2-6-18(23)13-19-7-3-5-9-24(19)27/h2-11,13,17,20-22,25-26H,12,14-16H2,1H3. The first-order chi connectivity index (χ1) is 13.3. The number of allylic oxidation sites excluding steroid dienone is 2. The molecule has 2 saturated carbocycles. The second-order valence-electron chi connectivity index (χ2n) is 9.49. The van der Waals surface area contributed by atoms with Gasteiger partial charge in [0.05, 0.1) is 0 Å². The third-order valence-corrected chi connectivity index (χ3v) is 7.98. The quantitative estimate of drug-likeness (QED) is 0.334. The van der Waals surface area contributed by atoms with E-state index in [9.17, 15) is 0 Å². The molecule has 0 amide bonds. The summed E-state index contributed by atoms with van der Waals surface area (Å²) < 4.78 is 0. The van der Waals surface area contributed by atoms with E-state index in [1.54, 1.807) is 5.56 Å². The lowest BCUT2D eigenvalue weighted by atomic mass is 9.72. The van der Waals surface area contributed by atoms with Gasteiger partial charge in [0.25, 0.3) is 0 Å². The van der Waals surface area contributed by atoms with Crippen LogP contribution in [0.5, 0.6) is 0 Å². The monoisotopic (exact) mass is 352 g/mol. The fourth-order valence-electron chi connectivity index (χ4n) is 6.88. The fraction of sp³-hybridized carbons (Fsp3) is 0.407. The summed E-state index contributed by atoms with van der Waals surface area (Å²) in [7, 11) is 0. The largest absolute Gasteiger partial charge is 0.0854 e. The Hall–Kier alpha value is -2.08. The molecule has 27 heavy (non-hydrogen) atoms. The molecule has 3 aromatic carbocycles. The maximum atomic E-state index is 2.55. The first kappa shape index (κ1) is 15.9. The molecule has 0 radical (unpaired) electrons. The lowest BCUT2D eigenvalue weighted by Gasteiger charge is -2.33. The molecule has 0 spiro atoms. The van der Waals surface area contributed by atoms with Crippen molar-refractivity contribution in [1.29, 1.82) is 0 Å². The Kier molecular flexibility index (Phi) is 3.52. The Bertz CT molecular complexity index is 988. The second-order valence-corrected chi connectivity index (χ2v) is 9.49. The van der Waals surface area contributed by atoms with E-state index >= 15 is 0 Å². The molecule has 0 nitrogen and oxygen atoms in total. The van der Waals surface area contributed by atoms with E-state index in [0.29, 0.717) is 0 Å². The molecule has 0 saturated heterocycles. The van der Waals surface area contributed by atoms with Gasteiger partial charge in [-0.2, -0.15) is 0 Å². The first-order valence-electron chi connectivity index (χ1n) is 10.9. The third kappa shape index (κ3) is 2.42. The van der Waals surface area contributed by atoms with E-state index in [-0.39, 0.29) is 0 Å². The van der Waals surface area contributed by atoms with Crippen LogP contribution in [0.2, 0.25) is 0 Å². The van der Waals surface area contributed by atoms with E-state index in [1.165, 1.54) is 47.2 Å². The van der Waals surface area contributed by atoms with Gasteiger partial charge < -0.3 is 0 Å². The van der Waals surface area contributed by atoms with Crippen molar-refractivity contribution < 1.29 is 0 Å². The lowest BCUT2D eigenvalue weighted by Crippen LogP contribution is -2.22. The van der Waals surface area contributed by atoms with Gasteiger partial charge in [-0.25, -0.2) is 0 Å². The van der Waals surface area contributed by atoms with Crippen LogP contribution in [0.3, 0.4) is 0 Å². The molecule has 3 aromatic rings. The van der Waals surface area contributed by atoms with Crippen LogP contribution >= 0.6 is 0 Å². The zero-order chi connectivity index (χ0) is 18.0. The predicted molar refractivity (Wildman–Crippen MR) is 115 cm³/mol. The highest BCUT2D eigenvalue weighted by Crippen LogP contribution is 2.60. The maximum absolute atomic E-state index is 2.55. The Morgan fingerprint density at radius 3 is 2.00 bits per heavy atom. The van der Waals surface area contributed by atoms with Gasteiger partial charge in [0.2, 0.25) is 0 Å². The van der Waals surface area contributed by atoms with Gasteiger partial charge in [-0.1, -0.05) is 67.6 Å². The Balaban J connectivity index is 1.42. The molecule has 6 rings (SSSR count). The summed E-state index contributed by atoms with van der Waals surface area (Å²) >= 11 is 0. The summed E-state index contributed by atoms with van der Waals surface area (Å²) in [5, 5.41) is 5.83. The summed E-state index contributed by atoms with van der Waals surface area (Å²) in [4.78, 5) is 0. The van der Waals surface area contributed by atoms with Crippen LogP contribution in [0.25, 0.3) is 21.5 Å². The van der Waals surface area contributed by atoms with E-state index in [1.807, 2.05) is 0 Å². The lowest BCUT2D eigenvalue weighted by molar-refractivity contribution is 0.237. The van der Waals surface area contributed by atoms with Crippen LogP contribution in [-0.4, -0.2) is 0 Å². The van der Waals surface area contributed by atoms with Crippen molar-refractivity contribution in [3.8, 4) is 0 Å². The van der Waals surface area contributed by atoms with Crippen LogP contribution in [0.15, 0.2) is 66.7 Å². The van der Waals surface area contributed by atoms with Gasteiger partial charge >= 0.3 is 0 Å². The summed E-state index contributed by atoms with van der Waals surface area (Å²) in [6.45, 7) is 2.38. The topological polar surface area (TPSA) is 0 Å². The van der Waals surface area contributed by atoms with E-state index in [4.69, 9.17) is 0 Å². The smallest absolute Gasteiger partial charge is 0.0118 e. The molecule has 0 aliphatic heterocycles. The van der Waals surface area contributed by atoms with E-state index < -0.39 is 0 Å². The molecular formula is C27H28. The predicted octanol–water partition coefficient (Wildman–Crippen LogP) is 7.33. The molecule has 3 aliphatic carbocycles. The van der Waals surface area contributed by atoms with Crippen molar-refractivity contribution in [2.45, 2.75) is 38.5 Å². The van der Waals surface area contributed by atoms with E-state index in [0.717, 1.165) is 35.5 Å². The number of rotatable bonds is 2. The van der Waals surface area contributed by atoms with Crippen LogP contribution in [0.4, 0.5) is 0 Å². The molecular weight excluding hydrogens is 324 g/mol. The number of hydrogen-bond acceptors (Lipinski definition) is 0. The maximum Gasteiger partial charge on any atom is -0.0118 e. The minimum atomic E-state index is 0.755. The molecule has 0 heterocycles. The third-order valence-electron chi connectivity index (χ3n) is 7.98.